The van der Waals surface area contributed by atoms with E-state index in [1.54, 1.807) is 11.3 Å². The molecule has 0 atom stereocenters. The van der Waals surface area contributed by atoms with E-state index >= 15 is 0 Å². The highest BCUT2D eigenvalue weighted by molar-refractivity contribution is 7.10. The second-order valence-corrected chi connectivity index (χ2v) is 9.34. The quantitative estimate of drug-likeness (QED) is 0.847. The molecule has 0 spiro atoms. The first-order valence-electron chi connectivity index (χ1n) is 10.3. The second-order valence-electron chi connectivity index (χ2n) is 8.39. The molecule has 2 saturated carbocycles. The molecule has 1 aromatic heterocycles. The molecular weight excluding hydrogens is 328 g/mol. The van der Waals surface area contributed by atoms with Gasteiger partial charge in [0.05, 0.1) is 5.41 Å². The van der Waals surface area contributed by atoms with Crippen LogP contribution in [0.5, 0.6) is 0 Å². The smallest absolute Gasteiger partial charge is 0.231 e. The summed E-state index contributed by atoms with van der Waals surface area (Å²) in [7, 11) is 0. The third kappa shape index (κ3) is 3.66. The SMILES string of the molecule is O=C(NCC1CCN(C2CCCC2)CC1)C1(c2cccs2)CCCC1. The van der Waals surface area contributed by atoms with Crippen molar-refractivity contribution in [1.82, 2.24) is 10.2 Å². The summed E-state index contributed by atoms with van der Waals surface area (Å²) in [5.74, 6) is 0.967. The van der Waals surface area contributed by atoms with Gasteiger partial charge in [0.25, 0.3) is 0 Å². The van der Waals surface area contributed by atoms with Crippen molar-refractivity contribution in [2.45, 2.75) is 75.7 Å². The lowest BCUT2D eigenvalue weighted by Gasteiger charge is -2.36. The van der Waals surface area contributed by atoms with Gasteiger partial charge >= 0.3 is 0 Å². The summed E-state index contributed by atoms with van der Waals surface area (Å²) < 4.78 is 0. The van der Waals surface area contributed by atoms with Crippen LogP contribution in [0.25, 0.3) is 0 Å². The number of carbonyl (C=O) groups excluding carboxylic acids is 1. The van der Waals surface area contributed by atoms with Gasteiger partial charge in [-0.15, -0.1) is 11.3 Å². The summed E-state index contributed by atoms with van der Waals surface area (Å²) >= 11 is 1.76. The highest BCUT2D eigenvalue weighted by Crippen LogP contribution is 2.43. The molecule has 138 valence electrons. The summed E-state index contributed by atoms with van der Waals surface area (Å²) in [5.41, 5.74) is -0.223. The predicted molar refractivity (Wildman–Crippen MR) is 104 cm³/mol. The first kappa shape index (κ1) is 17.5. The predicted octanol–water partition coefficient (Wildman–Crippen LogP) is 4.33. The van der Waals surface area contributed by atoms with Crippen LogP contribution < -0.4 is 5.32 Å². The van der Waals surface area contributed by atoms with Crippen LogP contribution in [0.3, 0.4) is 0 Å². The average Bonchev–Trinajstić information content (AvgIpc) is 3.42. The van der Waals surface area contributed by atoms with E-state index in [2.05, 4.69) is 27.7 Å². The number of hydrogen-bond donors (Lipinski definition) is 1. The van der Waals surface area contributed by atoms with E-state index in [4.69, 9.17) is 0 Å². The van der Waals surface area contributed by atoms with E-state index in [9.17, 15) is 4.79 Å². The second kappa shape index (κ2) is 7.79. The Morgan fingerprint density at radius 2 is 1.84 bits per heavy atom. The van der Waals surface area contributed by atoms with E-state index in [0.717, 1.165) is 25.4 Å². The fraction of sp³-hybridized carbons (Fsp3) is 0.762. The maximum absolute atomic E-state index is 13.1. The molecule has 4 heteroatoms. The van der Waals surface area contributed by atoms with E-state index in [-0.39, 0.29) is 5.41 Å². The van der Waals surface area contributed by atoms with Gasteiger partial charge < -0.3 is 10.2 Å². The van der Waals surface area contributed by atoms with Gasteiger partial charge in [-0.1, -0.05) is 31.7 Å². The summed E-state index contributed by atoms with van der Waals surface area (Å²) in [6, 6.07) is 5.11. The van der Waals surface area contributed by atoms with Gasteiger partial charge in [-0.3, -0.25) is 4.79 Å². The lowest BCUT2D eigenvalue weighted by molar-refractivity contribution is -0.126. The molecule has 25 heavy (non-hydrogen) atoms. The molecular formula is C21H32N2OS. The molecule has 3 nitrogen and oxygen atoms in total. The first-order valence-corrected chi connectivity index (χ1v) is 11.2. The molecule has 1 amide bonds. The minimum absolute atomic E-state index is 0.223. The molecule has 2 aliphatic carbocycles. The van der Waals surface area contributed by atoms with Gasteiger partial charge in [0.15, 0.2) is 0 Å². The van der Waals surface area contributed by atoms with Crippen LogP contribution in [0.15, 0.2) is 17.5 Å². The Kier molecular flexibility index (Phi) is 5.47. The lowest BCUT2D eigenvalue weighted by Crippen LogP contribution is -2.46. The molecule has 1 aromatic rings. The van der Waals surface area contributed by atoms with Crippen LogP contribution in [0.2, 0.25) is 0 Å². The number of hydrogen-bond acceptors (Lipinski definition) is 3. The highest BCUT2D eigenvalue weighted by atomic mass is 32.1. The van der Waals surface area contributed by atoms with Crippen LogP contribution in [-0.2, 0) is 10.2 Å². The summed E-state index contributed by atoms with van der Waals surface area (Å²) in [5, 5.41) is 5.47. The molecule has 0 bridgehead atoms. The Bertz CT molecular complexity index is 550. The van der Waals surface area contributed by atoms with Gasteiger partial charge in [-0.05, 0) is 69.0 Å². The average molecular weight is 361 g/mol. The minimum Gasteiger partial charge on any atom is -0.355 e. The van der Waals surface area contributed by atoms with Crippen molar-refractivity contribution < 1.29 is 4.79 Å². The molecule has 0 aromatic carbocycles. The third-order valence-corrected chi connectivity index (χ3v) is 8.00. The van der Waals surface area contributed by atoms with E-state index in [1.165, 1.54) is 69.3 Å². The molecule has 1 aliphatic heterocycles. The molecule has 0 unspecified atom stereocenters. The fourth-order valence-corrected chi connectivity index (χ4v) is 6.30. The molecule has 4 rings (SSSR count). The molecule has 1 N–H and O–H groups in total. The monoisotopic (exact) mass is 360 g/mol. The van der Waals surface area contributed by atoms with Crippen LogP contribution in [0.1, 0.15) is 69.1 Å². The number of rotatable bonds is 5. The zero-order chi connectivity index (χ0) is 17.1. The van der Waals surface area contributed by atoms with Crippen molar-refractivity contribution in [3.05, 3.63) is 22.4 Å². The Morgan fingerprint density at radius 3 is 2.48 bits per heavy atom. The first-order chi connectivity index (χ1) is 12.3. The lowest BCUT2D eigenvalue weighted by atomic mass is 9.83. The van der Waals surface area contributed by atoms with Crippen LogP contribution in [0.4, 0.5) is 0 Å². The van der Waals surface area contributed by atoms with E-state index < -0.39 is 0 Å². The molecule has 3 aliphatic rings. The molecule has 2 heterocycles. The third-order valence-electron chi connectivity index (χ3n) is 6.93. The van der Waals surface area contributed by atoms with Crippen molar-refractivity contribution in [2.75, 3.05) is 19.6 Å². The van der Waals surface area contributed by atoms with Crippen molar-refractivity contribution in [3.63, 3.8) is 0 Å². The number of thiophene rings is 1. The number of piperidine rings is 1. The standard InChI is InChI=1S/C21H32N2OS/c24-20(21(11-3-4-12-21)19-8-5-15-25-19)22-16-17-9-13-23(14-10-17)18-6-1-2-7-18/h5,8,15,17-18H,1-4,6-7,9-14,16H2,(H,22,24). The van der Waals surface area contributed by atoms with Gasteiger partial charge in [-0.2, -0.15) is 0 Å². The highest BCUT2D eigenvalue weighted by Gasteiger charge is 2.43. The van der Waals surface area contributed by atoms with Gasteiger partial charge in [0, 0.05) is 17.5 Å². The zero-order valence-corrected chi connectivity index (χ0v) is 16.2. The zero-order valence-electron chi connectivity index (χ0n) is 15.3. The van der Waals surface area contributed by atoms with Gasteiger partial charge in [0.2, 0.25) is 5.91 Å². The van der Waals surface area contributed by atoms with Crippen molar-refractivity contribution in [2.24, 2.45) is 5.92 Å². The van der Waals surface area contributed by atoms with E-state index in [0.29, 0.717) is 11.8 Å². The summed E-state index contributed by atoms with van der Waals surface area (Å²) in [6.07, 6.45) is 12.6. The van der Waals surface area contributed by atoms with Gasteiger partial charge in [-0.25, -0.2) is 0 Å². The Balaban J connectivity index is 1.29. The maximum Gasteiger partial charge on any atom is 0.231 e. The summed E-state index contributed by atoms with van der Waals surface area (Å²) in [4.78, 5) is 17.1. The topological polar surface area (TPSA) is 32.3 Å². The van der Waals surface area contributed by atoms with Crippen molar-refractivity contribution in [1.29, 1.82) is 0 Å². The Hall–Kier alpha value is -0.870. The number of amides is 1. The molecule has 1 saturated heterocycles. The van der Waals surface area contributed by atoms with Crippen LogP contribution in [0, 0.1) is 5.92 Å². The fourth-order valence-electron chi connectivity index (χ4n) is 5.31. The van der Waals surface area contributed by atoms with Crippen molar-refractivity contribution in [3.8, 4) is 0 Å². The largest absolute Gasteiger partial charge is 0.355 e. The Morgan fingerprint density at radius 1 is 1.12 bits per heavy atom. The number of carbonyl (C=O) groups is 1. The minimum atomic E-state index is -0.223. The van der Waals surface area contributed by atoms with Crippen molar-refractivity contribution >= 4 is 17.2 Å². The molecule has 0 radical (unpaired) electrons. The molecule has 3 fully saturated rings. The number of nitrogens with zero attached hydrogens (tertiary/aromatic N) is 1. The normalized spacial score (nSPS) is 25.4. The number of nitrogens with one attached hydrogen (secondary N) is 1. The van der Waals surface area contributed by atoms with Crippen LogP contribution >= 0.6 is 11.3 Å². The van der Waals surface area contributed by atoms with Gasteiger partial charge in [0.1, 0.15) is 0 Å². The van der Waals surface area contributed by atoms with E-state index in [1.807, 2.05) is 0 Å². The Labute approximate surface area is 156 Å². The summed E-state index contributed by atoms with van der Waals surface area (Å²) in [6.45, 7) is 3.35. The van der Waals surface area contributed by atoms with Crippen LogP contribution in [-0.4, -0.2) is 36.5 Å². The maximum atomic E-state index is 13.1. The number of likely N-dealkylation sites (tertiary alicyclic amines) is 1.